The van der Waals surface area contributed by atoms with Crippen LogP contribution in [0.5, 0.6) is 0 Å². The van der Waals surface area contributed by atoms with Gasteiger partial charge in [-0.2, -0.15) is 0 Å². The summed E-state index contributed by atoms with van der Waals surface area (Å²) in [4.78, 5) is 0. The Morgan fingerprint density at radius 1 is 0.456 bits per heavy atom. The van der Waals surface area contributed by atoms with Crippen LogP contribution in [0.2, 0.25) is 0 Å². The zero-order valence-electron chi connectivity index (χ0n) is 63.8. The number of aryl methyl sites for hydroxylation is 8. The van der Waals surface area contributed by atoms with Gasteiger partial charge in [0.2, 0.25) is 0 Å². The smallest absolute Gasteiger partial charge is 0.0146 e. The molecule has 0 aliphatic heterocycles. The van der Waals surface area contributed by atoms with Gasteiger partial charge in [0.15, 0.2) is 0 Å². The van der Waals surface area contributed by atoms with E-state index < -0.39 is 0 Å². The molecular formula is C90H146. The lowest BCUT2D eigenvalue weighted by Crippen LogP contribution is -2.36. The molecule has 3 fully saturated rings. The average Bonchev–Trinajstić information content (AvgIpc) is 0.840. The lowest BCUT2D eigenvalue weighted by Gasteiger charge is -2.46. The van der Waals surface area contributed by atoms with Gasteiger partial charge in [0, 0.05) is 8.27 Å². The summed E-state index contributed by atoms with van der Waals surface area (Å²) in [7, 11) is 0. The molecule has 0 bridgehead atoms. The van der Waals surface area contributed by atoms with Gasteiger partial charge in [-0.1, -0.05) is 355 Å². The van der Waals surface area contributed by atoms with Crippen LogP contribution in [0.15, 0.2) is 146 Å². The highest BCUT2D eigenvalue weighted by Crippen LogP contribution is 2.51. The van der Waals surface area contributed by atoms with E-state index in [9.17, 15) is 0 Å². The summed E-state index contributed by atoms with van der Waals surface area (Å²) in [5.41, 5.74) is 18.6. The molecule has 0 heterocycles. The summed E-state index contributed by atoms with van der Waals surface area (Å²) in [6.45, 7) is 59.3. The SMILES string of the molecule is CC.CC1CCC(C(C)(C)C2CCC(C)CC2)CC1.CCC1(C)CC(C)CC(C)(C)C1.CCCC(C)CC(C)(C)CC.Cc1ccc(C(C)(C)c2ccc(C)cc2)cc1.Cc1ccc(C)c(C)c1.Cc1ccc(Cc2ccc(C)cc2)cc1.Cc1ccccc1.[HH].[HH]. The number of hydrogen-bond donors (Lipinski definition) is 0. The van der Waals surface area contributed by atoms with E-state index in [-0.39, 0.29) is 8.27 Å². The molecule has 90 heavy (non-hydrogen) atoms. The molecule has 506 valence electrons. The van der Waals surface area contributed by atoms with Crippen LogP contribution >= 0.6 is 0 Å². The molecule has 3 atom stereocenters. The maximum atomic E-state index is 2.58. The monoisotopic (exact) mass is 1230 g/mol. The normalized spacial score (nSPS) is 20.5. The van der Waals surface area contributed by atoms with E-state index in [2.05, 4.69) is 294 Å². The van der Waals surface area contributed by atoms with Crippen LogP contribution < -0.4 is 0 Å². The van der Waals surface area contributed by atoms with Gasteiger partial charge in [-0.25, -0.2) is 0 Å². The summed E-state index contributed by atoms with van der Waals surface area (Å²) in [5.74, 6) is 5.85. The predicted octanol–water partition coefficient (Wildman–Crippen LogP) is 28.8. The summed E-state index contributed by atoms with van der Waals surface area (Å²) in [6, 6.07) is 51.9. The minimum absolute atomic E-state index is 0. The summed E-state index contributed by atoms with van der Waals surface area (Å²) < 4.78 is 0. The van der Waals surface area contributed by atoms with Gasteiger partial charge in [0.05, 0.1) is 0 Å². The molecular weight excluding hydrogens is 1080 g/mol. The Morgan fingerprint density at radius 2 is 0.833 bits per heavy atom. The van der Waals surface area contributed by atoms with Crippen molar-refractivity contribution in [3.05, 3.63) is 212 Å². The second-order valence-corrected chi connectivity index (χ2v) is 32.1. The molecule has 6 aromatic rings. The van der Waals surface area contributed by atoms with Crippen LogP contribution in [-0.2, 0) is 11.8 Å². The highest BCUT2D eigenvalue weighted by atomic mass is 14.5. The van der Waals surface area contributed by atoms with Crippen LogP contribution in [-0.4, -0.2) is 0 Å². The van der Waals surface area contributed by atoms with Crippen LogP contribution in [0.1, 0.15) is 297 Å². The van der Waals surface area contributed by atoms with E-state index in [1.165, 1.54) is 169 Å². The average molecular weight is 1230 g/mol. The summed E-state index contributed by atoms with van der Waals surface area (Å²) >= 11 is 0. The molecule has 0 radical (unpaired) electrons. The van der Waals surface area contributed by atoms with Crippen molar-refractivity contribution in [3.8, 4) is 0 Å². The first-order valence-electron chi connectivity index (χ1n) is 36.5. The van der Waals surface area contributed by atoms with E-state index in [1.807, 2.05) is 32.0 Å². The van der Waals surface area contributed by atoms with Gasteiger partial charge in [-0.3, -0.25) is 0 Å². The molecule has 0 N–H and O–H groups in total. The Balaban J connectivity index is 0.00000106. The van der Waals surface area contributed by atoms with E-state index in [0.717, 1.165) is 41.9 Å². The van der Waals surface area contributed by atoms with E-state index >= 15 is 0 Å². The second-order valence-electron chi connectivity index (χ2n) is 32.1. The molecule has 3 aliphatic rings. The highest BCUT2D eigenvalue weighted by Gasteiger charge is 2.40. The lowest BCUT2D eigenvalue weighted by atomic mass is 9.59. The highest BCUT2D eigenvalue weighted by molar-refractivity contribution is 5.39. The number of hydrogen-bond acceptors (Lipinski definition) is 0. The molecule has 3 aliphatic carbocycles. The third-order valence-corrected chi connectivity index (χ3v) is 21.1. The van der Waals surface area contributed by atoms with Crippen molar-refractivity contribution in [2.75, 3.05) is 0 Å². The standard InChI is InChI=1S/C17H32.C17H20.C15H16.C12H24.C11H24.C9H12.C7H8.C2H6.2H2/c2*1-13-5-9-15(10-6-13)17(3,4)16-11-7-14(2)8-12-16;1-12-3-7-14(8-4-12)11-15-9-5-13(2)6-10-15;1-6-12(5)8-10(2)7-11(3,4)9-12;1-6-8-10(3)9-11(4,5)7-2;1-7-4-5-8(2)9(3)6-7;1-7-5-3-2-4-6-7;1-2;;/h13-16H,5-12H2,1-4H3;5-12H,1-4H3;3-10H,11H2,1-2H3;10H,6-9H2,1-5H3;10H,6-9H2,1-5H3;4-6H,1-3H3;2-6H,1H3;1-2H3;2*1H. The Hall–Kier alpha value is -4.68. The molecule has 0 heteroatoms. The van der Waals surface area contributed by atoms with Crippen molar-refractivity contribution in [1.82, 2.24) is 0 Å². The predicted molar refractivity (Wildman–Crippen MR) is 411 cm³/mol. The second kappa shape index (κ2) is 40.4. The maximum absolute atomic E-state index is 2.58. The minimum Gasteiger partial charge on any atom is -0.0683 e. The Bertz CT molecular complexity index is 2660. The minimum atomic E-state index is 0. The summed E-state index contributed by atoms with van der Waals surface area (Å²) in [5, 5.41) is 0. The van der Waals surface area contributed by atoms with Crippen LogP contribution in [0, 0.1) is 113 Å². The van der Waals surface area contributed by atoms with E-state index in [0.29, 0.717) is 21.7 Å². The third kappa shape index (κ3) is 31.3. The largest absolute Gasteiger partial charge is 0.0683 e. The molecule has 3 saturated carbocycles. The maximum Gasteiger partial charge on any atom is 0.0146 e. The van der Waals surface area contributed by atoms with Crippen LogP contribution in [0.25, 0.3) is 0 Å². The molecule has 0 aromatic heterocycles. The molecule has 3 unspecified atom stereocenters. The molecule has 0 spiro atoms. The van der Waals surface area contributed by atoms with Gasteiger partial charge in [-0.15, -0.1) is 0 Å². The topological polar surface area (TPSA) is 0 Å². The summed E-state index contributed by atoms with van der Waals surface area (Å²) in [6.07, 6.45) is 24.0. The first-order valence-corrected chi connectivity index (χ1v) is 36.5. The Labute approximate surface area is 563 Å². The van der Waals surface area contributed by atoms with Gasteiger partial charge in [-0.05, 0) is 204 Å². The Morgan fingerprint density at radius 3 is 1.16 bits per heavy atom. The molecule has 0 amide bonds. The lowest BCUT2D eigenvalue weighted by molar-refractivity contribution is 0.0421. The molecule has 0 saturated heterocycles. The number of benzene rings is 6. The van der Waals surface area contributed by atoms with E-state index in [1.54, 1.807) is 0 Å². The van der Waals surface area contributed by atoms with E-state index in [4.69, 9.17) is 0 Å². The van der Waals surface area contributed by atoms with Crippen molar-refractivity contribution in [2.24, 2.45) is 57.2 Å². The van der Waals surface area contributed by atoms with Crippen molar-refractivity contribution < 1.29 is 2.85 Å². The fourth-order valence-electron chi connectivity index (χ4n) is 14.6. The first-order chi connectivity index (χ1) is 42.2. The Kier molecular flexibility index (Phi) is 36.6. The fourth-order valence-corrected chi connectivity index (χ4v) is 14.6. The molecule has 0 nitrogen and oxygen atoms in total. The zero-order valence-corrected chi connectivity index (χ0v) is 63.8. The van der Waals surface area contributed by atoms with Crippen molar-refractivity contribution in [2.45, 2.75) is 295 Å². The van der Waals surface area contributed by atoms with Crippen molar-refractivity contribution in [1.29, 1.82) is 0 Å². The van der Waals surface area contributed by atoms with Gasteiger partial charge >= 0.3 is 0 Å². The third-order valence-electron chi connectivity index (χ3n) is 21.1. The van der Waals surface area contributed by atoms with Gasteiger partial charge < -0.3 is 0 Å². The molecule has 6 aromatic carbocycles. The van der Waals surface area contributed by atoms with Crippen LogP contribution in [0.4, 0.5) is 0 Å². The van der Waals surface area contributed by atoms with Crippen LogP contribution in [0.3, 0.4) is 0 Å². The van der Waals surface area contributed by atoms with Gasteiger partial charge in [0.25, 0.3) is 0 Å². The number of rotatable bonds is 12. The zero-order chi connectivity index (χ0) is 67.9. The quantitative estimate of drug-likeness (QED) is 0.115. The van der Waals surface area contributed by atoms with Crippen molar-refractivity contribution in [3.63, 3.8) is 0 Å². The molecule has 9 rings (SSSR count). The van der Waals surface area contributed by atoms with Gasteiger partial charge in [0.1, 0.15) is 0 Å². The van der Waals surface area contributed by atoms with Crippen molar-refractivity contribution >= 4 is 0 Å². The fraction of sp³-hybridized carbons (Fsp3) is 0.600. The first kappa shape index (κ1) is 81.4.